The molecule has 0 spiro atoms. The number of guanidine groups is 1. The Morgan fingerprint density at radius 1 is 1.13 bits per heavy atom. The van der Waals surface area contributed by atoms with E-state index < -0.39 is 82.2 Å². The first kappa shape index (κ1) is 39.5. The standard InChI is InChI=1S/C33H32ClF6N9O5S/c1-30(2,3)15-32(19-5-6-20(22(35)11-19)18-12-43-47(13-18)55(52)53)27(50)48(28(41)45-32)24(14-54-29(51)46-31(8-9-31)33(38,39)40)17-4-7-21(34)23(10-17)49-26(25(36)37)42-16-44-49/h4-7,10-13,16,24-25,55H,8-9,14-15H2,1-3H3,(H2,41,45)(H,46,51)/t24-,32-/m1/s1. The van der Waals surface area contributed by atoms with Gasteiger partial charge >= 0.3 is 12.3 Å². The summed E-state index contributed by atoms with van der Waals surface area (Å²) in [5, 5.41) is 21.1. The first-order valence-electron chi connectivity index (χ1n) is 16.4. The SMILES string of the molecule is CC(C)(C)C[C@]1(c2ccc(-c3cnn([SH](=O)=O)c3)c(F)c2)NC(=N)N([C@H](COC(=O)NC2(C(F)(F)F)CC2)c2ccc(Cl)c(-n3ncnc3C(F)F)c2)C1=O. The second-order valence-corrected chi connectivity index (χ2v) is 15.5. The van der Waals surface area contributed by atoms with Gasteiger partial charge in [0.15, 0.2) is 11.8 Å². The molecule has 3 heterocycles. The van der Waals surface area contributed by atoms with Gasteiger partial charge in [-0.15, -0.1) is 0 Å². The number of nitrogens with zero attached hydrogens (tertiary/aromatic N) is 6. The van der Waals surface area contributed by atoms with Gasteiger partial charge in [-0.25, -0.2) is 36.0 Å². The number of hydrogen-bond acceptors (Lipinski definition) is 9. The second kappa shape index (κ2) is 14.2. The number of nitrogens with one attached hydrogen (secondary N) is 3. The smallest absolute Gasteiger partial charge is 0.411 e. The van der Waals surface area contributed by atoms with Crippen LogP contribution in [0.4, 0.5) is 31.1 Å². The Morgan fingerprint density at radius 3 is 2.42 bits per heavy atom. The Kier molecular flexibility index (Phi) is 10.2. The molecular formula is C33H32ClF6N9O5S. The van der Waals surface area contributed by atoms with E-state index in [1.165, 1.54) is 30.3 Å². The molecule has 1 aliphatic heterocycles. The van der Waals surface area contributed by atoms with Gasteiger partial charge in [0, 0.05) is 11.1 Å². The predicted molar refractivity (Wildman–Crippen MR) is 183 cm³/mol. The van der Waals surface area contributed by atoms with Crippen LogP contribution in [0.2, 0.25) is 5.02 Å². The number of rotatable bonds is 11. The van der Waals surface area contributed by atoms with Crippen LogP contribution in [0.15, 0.2) is 55.1 Å². The van der Waals surface area contributed by atoms with Gasteiger partial charge in [0.05, 0.1) is 29.1 Å². The minimum atomic E-state index is -4.78. The number of aromatic nitrogens is 5. The van der Waals surface area contributed by atoms with E-state index in [1.807, 2.05) is 5.32 Å². The lowest BCUT2D eigenvalue weighted by molar-refractivity contribution is -0.164. The van der Waals surface area contributed by atoms with Gasteiger partial charge < -0.3 is 15.4 Å². The van der Waals surface area contributed by atoms with Gasteiger partial charge in [-0.2, -0.15) is 27.5 Å². The molecular weight excluding hydrogens is 784 g/mol. The van der Waals surface area contributed by atoms with E-state index >= 15 is 4.39 Å². The fourth-order valence-electron chi connectivity index (χ4n) is 6.48. The van der Waals surface area contributed by atoms with Gasteiger partial charge in [0.25, 0.3) is 12.3 Å². The second-order valence-electron chi connectivity index (χ2n) is 14.2. The highest BCUT2D eigenvalue weighted by Gasteiger charge is 2.64. The van der Waals surface area contributed by atoms with Gasteiger partial charge in [-0.05, 0) is 54.0 Å². The van der Waals surface area contributed by atoms with Crippen molar-refractivity contribution in [1.29, 1.82) is 5.41 Å². The lowest BCUT2D eigenvalue weighted by Crippen LogP contribution is -2.49. The fraction of sp³-hybridized carbons (Fsp3) is 0.394. The number of amides is 2. The van der Waals surface area contributed by atoms with Gasteiger partial charge in [-0.3, -0.25) is 15.1 Å². The number of thiol groups is 1. The molecule has 1 saturated heterocycles. The van der Waals surface area contributed by atoms with Crippen LogP contribution < -0.4 is 10.6 Å². The molecule has 14 nitrogen and oxygen atoms in total. The number of alkyl carbamates (subject to hydrolysis) is 1. The van der Waals surface area contributed by atoms with Crippen LogP contribution in [-0.4, -0.2) is 73.6 Å². The Labute approximate surface area is 315 Å². The highest BCUT2D eigenvalue weighted by atomic mass is 35.5. The molecule has 1 aliphatic carbocycles. The third kappa shape index (κ3) is 7.58. The molecule has 0 bridgehead atoms. The zero-order valence-electron chi connectivity index (χ0n) is 29.0. The van der Waals surface area contributed by atoms with E-state index in [1.54, 1.807) is 20.8 Å². The van der Waals surface area contributed by atoms with Crippen LogP contribution >= 0.6 is 11.6 Å². The molecule has 2 aromatic carbocycles. The highest BCUT2D eigenvalue weighted by Crippen LogP contribution is 2.49. The Hall–Kier alpha value is -5.18. The van der Waals surface area contributed by atoms with Crippen molar-refractivity contribution in [3.05, 3.63) is 82.9 Å². The molecule has 2 fully saturated rings. The minimum Gasteiger partial charge on any atom is -0.447 e. The highest BCUT2D eigenvalue weighted by molar-refractivity contribution is 7.70. The number of halogens is 7. The van der Waals surface area contributed by atoms with E-state index in [2.05, 4.69) is 20.5 Å². The van der Waals surface area contributed by atoms with Crippen molar-refractivity contribution in [3.63, 3.8) is 0 Å². The maximum atomic E-state index is 15.9. The molecule has 4 aromatic rings. The molecule has 1 saturated carbocycles. The monoisotopic (exact) mass is 815 g/mol. The Morgan fingerprint density at radius 2 is 1.84 bits per heavy atom. The molecule has 3 N–H and O–H groups in total. The van der Waals surface area contributed by atoms with Crippen molar-refractivity contribution in [2.45, 2.75) is 69.8 Å². The number of alkyl halides is 5. The topological polar surface area (TPSA) is 177 Å². The number of ether oxygens (including phenoxy) is 1. The van der Waals surface area contributed by atoms with Crippen molar-refractivity contribution >= 4 is 40.5 Å². The average molecular weight is 816 g/mol. The predicted octanol–water partition coefficient (Wildman–Crippen LogP) is 5.80. The van der Waals surface area contributed by atoms with Crippen molar-refractivity contribution < 1.29 is 49.1 Å². The molecule has 55 heavy (non-hydrogen) atoms. The summed E-state index contributed by atoms with van der Waals surface area (Å²) in [4.78, 5) is 32.1. The summed E-state index contributed by atoms with van der Waals surface area (Å²) >= 11 is 6.38. The summed E-state index contributed by atoms with van der Waals surface area (Å²) in [6.45, 7) is 4.49. The maximum Gasteiger partial charge on any atom is 0.411 e. The van der Waals surface area contributed by atoms with Crippen LogP contribution in [0.25, 0.3) is 16.8 Å². The summed E-state index contributed by atoms with van der Waals surface area (Å²) in [6, 6.07) is 6.07. The molecule has 0 unspecified atom stereocenters. The van der Waals surface area contributed by atoms with E-state index in [0.29, 0.717) is 4.09 Å². The van der Waals surface area contributed by atoms with E-state index in [-0.39, 0.29) is 52.2 Å². The lowest BCUT2D eigenvalue weighted by atomic mass is 9.75. The number of benzene rings is 2. The molecule has 2 aromatic heterocycles. The van der Waals surface area contributed by atoms with Crippen molar-refractivity contribution in [3.8, 4) is 16.8 Å². The number of carbonyl (C=O) groups is 2. The molecule has 2 amide bonds. The van der Waals surface area contributed by atoms with E-state index in [4.69, 9.17) is 21.7 Å². The zero-order valence-corrected chi connectivity index (χ0v) is 30.6. The van der Waals surface area contributed by atoms with Gasteiger partial charge in [0.1, 0.15) is 29.8 Å². The maximum absolute atomic E-state index is 15.9. The van der Waals surface area contributed by atoms with Crippen molar-refractivity contribution in [2.75, 3.05) is 6.61 Å². The quantitative estimate of drug-likeness (QED) is 0.108. The van der Waals surface area contributed by atoms with Gasteiger partial charge in [0.2, 0.25) is 10.9 Å². The summed E-state index contributed by atoms with van der Waals surface area (Å²) in [7, 11) is -3.12. The average Bonchev–Trinajstić information content (AvgIpc) is 3.39. The fourth-order valence-corrected chi connectivity index (χ4v) is 7.04. The molecule has 294 valence electrons. The van der Waals surface area contributed by atoms with Crippen LogP contribution in [0.1, 0.15) is 69.5 Å². The Bertz CT molecular complexity index is 2240. The summed E-state index contributed by atoms with van der Waals surface area (Å²) in [5.74, 6) is -3.09. The van der Waals surface area contributed by atoms with Crippen molar-refractivity contribution in [1.82, 2.24) is 39.5 Å². The molecule has 2 atom stereocenters. The number of carbonyl (C=O) groups excluding carboxylic acids is 2. The molecule has 22 heteroatoms. The molecule has 2 aliphatic rings. The van der Waals surface area contributed by atoms with E-state index in [9.17, 15) is 40.0 Å². The molecule has 6 rings (SSSR count). The van der Waals surface area contributed by atoms with Crippen LogP contribution in [0.5, 0.6) is 0 Å². The third-order valence-corrected chi connectivity index (χ3v) is 10.0. The largest absolute Gasteiger partial charge is 0.447 e. The van der Waals surface area contributed by atoms with Crippen LogP contribution in [0.3, 0.4) is 0 Å². The normalized spacial score (nSPS) is 18.9. The van der Waals surface area contributed by atoms with Crippen LogP contribution in [0, 0.1) is 16.6 Å². The van der Waals surface area contributed by atoms with Crippen molar-refractivity contribution in [2.24, 2.45) is 5.41 Å². The summed E-state index contributed by atoms with van der Waals surface area (Å²) in [5.41, 5.74) is -5.06. The number of hydrogen-bond donors (Lipinski definition) is 4. The van der Waals surface area contributed by atoms with E-state index in [0.717, 1.165) is 34.4 Å². The third-order valence-electron chi connectivity index (χ3n) is 9.13. The first-order valence-corrected chi connectivity index (χ1v) is 17.9. The first-order chi connectivity index (χ1) is 25.7. The summed E-state index contributed by atoms with van der Waals surface area (Å²) in [6.07, 6.45) is -7.09. The lowest BCUT2D eigenvalue weighted by Gasteiger charge is -2.35. The van der Waals surface area contributed by atoms with Gasteiger partial charge in [-0.1, -0.05) is 50.6 Å². The zero-order chi connectivity index (χ0) is 40.2. The Balaban J connectivity index is 1.42. The summed E-state index contributed by atoms with van der Waals surface area (Å²) < 4.78 is 114. The molecule has 0 radical (unpaired) electrons. The minimum absolute atomic E-state index is 0.0292. The van der Waals surface area contributed by atoms with Crippen LogP contribution in [-0.2, 0) is 26.0 Å².